The van der Waals surface area contributed by atoms with Gasteiger partial charge in [0.05, 0.1) is 11.9 Å². The molecule has 1 saturated carbocycles. The molecule has 4 rings (SSSR count). The Morgan fingerprint density at radius 2 is 1.62 bits per heavy atom. The molecule has 0 aliphatic heterocycles. The van der Waals surface area contributed by atoms with Gasteiger partial charge in [0.15, 0.2) is 0 Å². The number of hydrogen-bond donors (Lipinski definition) is 1. The SMILES string of the molecule is Cc1cccc(CN(C(=O)CCCN(c2ccc(Cl)cc2)S(C)(=O)=O)C(Cc2ccccc2)C(=O)NC2CCCC2)c1. The number of amides is 2. The Morgan fingerprint density at radius 3 is 2.26 bits per heavy atom. The molecule has 0 bridgehead atoms. The van der Waals surface area contributed by atoms with E-state index in [1.54, 1.807) is 29.2 Å². The van der Waals surface area contributed by atoms with Gasteiger partial charge in [-0.3, -0.25) is 13.9 Å². The Bertz CT molecular complexity index is 1440. The molecule has 1 aliphatic rings. The quantitative estimate of drug-likeness (QED) is 0.262. The second-order valence-electron chi connectivity index (χ2n) is 11.1. The lowest BCUT2D eigenvalue weighted by molar-refractivity contribution is -0.141. The summed E-state index contributed by atoms with van der Waals surface area (Å²) in [4.78, 5) is 29.5. The molecular weight excluding hydrogens is 570 g/mol. The van der Waals surface area contributed by atoms with E-state index in [1.165, 1.54) is 4.31 Å². The average molecular weight is 610 g/mol. The fourth-order valence-electron chi connectivity index (χ4n) is 5.54. The molecular formula is C33H40ClN3O4S. The number of hydrogen-bond acceptors (Lipinski definition) is 4. The number of nitrogens with one attached hydrogen (secondary N) is 1. The van der Waals surface area contributed by atoms with Crippen molar-refractivity contribution in [2.45, 2.75) is 70.5 Å². The molecule has 0 spiro atoms. The highest BCUT2D eigenvalue weighted by Gasteiger charge is 2.32. The summed E-state index contributed by atoms with van der Waals surface area (Å²) in [5, 5.41) is 3.73. The Balaban J connectivity index is 1.58. The number of halogens is 1. The summed E-state index contributed by atoms with van der Waals surface area (Å²) in [6.07, 6.45) is 5.99. The average Bonchev–Trinajstić information content (AvgIpc) is 3.46. The van der Waals surface area contributed by atoms with Gasteiger partial charge in [-0.1, -0.05) is 84.6 Å². The number of nitrogens with zero attached hydrogens (tertiary/aromatic N) is 2. The molecule has 0 heterocycles. The van der Waals surface area contributed by atoms with Crippen LogP contribution in [0.1, 0.15) is 55.2 Å². The fourth-order valence-corrected chi connectivity index (χ4v) is 6.63. The van der Waals surface area contributed by atoms with E-state index in [0.717, 1.165) is 48.6 Å². The van der Waals surface area contributed by atoms with Crippen LogP contribution in [0.3, 0.4) is 0 Å². The second kappa shape index (κ2) is 14.7. The van der Waals surface area contributed by atoms with E-state index in [1.807, 2.05) is 61.5 Å². The van der Waals surface area contributed by atoms with Crippen LogP contribution in [-0.4, -0.2) is 50.0 Å². The van der Waals surface area contributed by atoms with Crippen LogP contribution in [0.25, 0.3) is 0 Å². The Labute approximate surface area is 254 Å². The lowest BCUT2D eigenvalue weighted by atomic mass is 10.0. The van der Waals surface area contributed by atoms with Gasteiger partial charge in [-0.05, 0) is 61.6 Å². The van der Waals surface area contributed by atoms with Crippen LogP contribution in [0.5, 0.6) is 0 Å². The summed E-state index contributed by atoms with van der Waals surface area (Å²) >= 11 is 6.00. The molecule has 1 N–H and O–H groups in total. The highest BCUT2D eigenvalue weighted by Crippen LogP contribution is 2.23. The smallest absolute Gasteiger partial charge is 0.243 e. The second-order valence-corrected chi connectivity index (χ2v) is 13.5. The highest BCUT2D eigenvalue weighted by molar-refractivity contribution is 7.92. The lowest BCUT2D eigenvalue weighted by Gasteiger charge is -2.33. The zero-order valence-electron chi connectivity index (χ0n) is 24.3. The highest BCUT2D eigenvalue weighted by atomic mass is 35.5. The van der Waals surface area contributed by atoms with Gasteiger partial charge in [-0.15, -0.1) is 0 Å². The summed E-state index contributed by atoms with van der Waals surface area (Å²) in [7, 11) is -3.58. The largest absolute Gasteiger partial charge is 0.352 e. The number of carbonyl (C=O) groups excluding carboxylic acids is 2. The maximum absolute atomic E-state index is 14.0. The van der Waals surface area contributed by atoms with Crippen LogP contribution in [0.4, 0.5) is 5.69 Å². The third kappa shape index (κ3) is 9.07. The summed E-state index contributed by atoms with van der Waals surface area (Å²) < 4.78 is 26.5. The van der Waals surface area contributed by atoms with Crippen molar-refractivity contribution in [1.82, 2.24) is 10.2 Å². The van der Waals surface area contributed by atoms with E-state index in [-0.39, 0.29) is 37.4 Å². The first-order valence-corrected chi connectivity index (χ1v) is 16.8. The van der Waals surface area contributed by atoms with E-state index >= 15 is 0 Å². The van der Waals surface area contributed by atoms with Crippen LogP contribution in [-0.2, 0) is 32.6 Å². The van der Waals surface area contributed by atoms with Crippen molar-refractivity contribution in [2.75, 3.05) is 17.1 Å². The first-order chi connectivity index (χ1) is 20.1. The number of carbonyl (C=O) groups is 2. The molecule has 0 radical (unpaired) electrons. The van der Waals surface area contributed by atoms with Crippen molar-refractivity contribution < 1.29 is 18.0 Å². The number of sulfonamides is 1. The fraction of sp³-hybridized carbons (Fsp3) is 0.394. The zero-order valence-corrected chi connectivity index (χ0v) is 25.9. The van der Waals surface area contributed by atoms with Gasteiger partial charge in [0.2, 0.25) is 21.8 Å². The molecule has 3 aromatic rings. The van der Waals surface area contributed by atoms with Gasteiger partial charge in [0.1, 0.15) is 6.04 Å². The zero-order chi connectivity index (χ0) is 30.1. The molecule has 9 heteroatoms. The van der Waals surface area contributed by atoms with Crippen molar-refractivity contribution in [3.8, 4) is 0 Å². The molecule has 0 saturated heterocycles. The van der Waals surface area contributed by atoms with E-state index in [0.29, 0.717) is 23.6 Å². The van der Waals surface area contributed by atoms with Crippen LogP contribution in [0.15, 0.2) is 78.9 Å². The number of benzene rings is 3. The van der Waals surface area contributed by atoms with E-state index in [9.17, 15) is 18.0 Å². The number of aryl methyl sites for hydroxylation is 1. The molecule has 42 heavy (non-hydrogen) atoms. The van der Waals surface area contributed by atoms with E-state index < -0.39 is 16.1 Å². The molecule has 1 unspecified atom stereocenters. The minimum Gasteiger partial charge on any atom is -0.352 e. The van der Waals surface area contributed by atoms with Gasteiger partial charge in [-0.25, -0.2) is 8.42 Å². The van der Waals surface area contributed by atoms with Gasteiger partial charge >= 0.3 is 0 Å². The molecule has 1 aliphatic carbocycles. The first kappa shape index (κ1) is 31.6. The predicted octanol–water partition coefficient (Wildman–Crippen LogP) is 5.89. The molecule has 7 nitrogen and oxygen atoms in total. The van der Waals surface area contributed by atoms with Crippen LogP contribution >= 0.6 is 11.6 Å². The standard InChI is InChI=1S/C33H40ClN3O4S/c1-25-10-8-13-27(22-25)24-36(31(23-26-11-4-3-5-12-26)33(39)35-29-14-6-7-15-29)32(38)16-9-21-37(42(2,40)41)30-19-17-28(34)18-20-30/h3-5,8,10-13,17-20,22,29,31H,6-7,9,14-16,21,23-24H2,1-2H3,(H,35,39). The molecule has 1 fully saturated rings. The molecule has 224 valence electrons. The minimum atomic E-state index is -3.58. The number of anilines is 1. The minimum absolute atomic E-state index is 0.0907. The normalized spacial score (nSPS) is 14.4. The van der Waals surface area contributed by atoms with Crippen molar-refractivity contribution >= 4 is 39.1 Å². The van der Waals surface area contributed by atoms with Crippen LogP contribution in [0, 0.1) is 6.92 Å². The van der Waals surface area contributed by atoms with Crippen molar-refractivity contribution in [1.29, 1.82) is 0 Å². The van der Waals surface area contributed by atoms with Crippen LogP contribution < -0.4 is 9.62 Å². The summed E-state index contributed by atoms with van der Waals surface area (Å²) in [5.41, 5.74) is 3.47. The summed E-state index contributed by atoms with van der Waals surface area (Å²) in [5.74, 6) is -0.339. The van der Waals surface area contributed by atoms with Gasteiger partial charge < -0.3 is 10.2 Å². The van der Waals surface area contributed by atoms with Gasteiger partial charge in [0.25, 0.3) is 0 Å². The third-order valence-electron chi connectivity index (χ3n) is 7.67. The predicted molar refractivity (Wildman–Crippen MR) is 169 cm³/mol. The van der Waals surface area contributed by atoms with E-state index in [2.05, 4.69) is 5.32 Å². The molecule has 3 aromatic carbocycles. The van der Waals surface area contributed by atoms with Gasteiger partial charge in [-0.2, -0.15) is 0 Å². The Kier molecular flexibility index (Phi) is 11.0. The maximum Gasteiger partial charge on any atom is 0.243 e. The maximum atomic E-state index is 14.0. The molecule has 0 aromatic heterocycles. The monoisotopic (exact) mass is 609 g/mol. The molecule has 1 atom stereocenters. The summed E-state index contributed by atoms with van der Waals surface area (Å²) in [6.45, 7) is 2.41. The topological polar surface area (TPSA) is 86.8 Å². The molecule has 2 amide bonds. The summed E-state index contributed by atoms with van der Waals surface area (Å²) in [6, 6.07) is 23.7. The van der Waals surface area contributed by atoms with Crippen molar-refractivity contribution in [3.63, 3.8) is 0 Å². The van der Waals surface area contributed by atoms with Crippen molar-refractivity contribution in [3.05, 3.63) is 101 Å². The van der Waals surface area contributed by atoms with Gasteiger partial charge in [0, 0.05) is 37.0 Å². The Morgan fingerprint density at radius 1 is 0.952 bits per heavy atom. The lowest BCUT2D eigenvalue weighted by Crippen LogP contribution is -2.52. The van der Waals surface area contributed by atoms with Crippen LogP contribution in [0.2, 0.25) is 5.02 Å². The Hall–Kier alpha value is -3.36. The first-order valence-electron chi connectivity index (χ1n) is 14.5. The number of rotatable bonds is 13. The third-order valence-corrected chi connectivity index (χ3v) is 9.12. The van der Waals surface area contributed by atoms with Crippen molar-refractivity contribution in [2.24, 2.45) is 0 Å². The van der Waals surface area contributed by atoms with E-state index in [4.69, 9.17) is 11.6 Å².